The Morgan fingerprint density at radius 1 is 0.973 bits per heavy atom. The third-order valence-corrected chi connectivity index (χ3v) is 6.46. The number of aromatic nitrogens is 5. The van der Waals surface area contributed by atoms with Crippen molar-refractivity contribution < 1.29 is 4.74 Å². The number of benzene rings is 3. The maximum atomic E-state index is 13.7. The Bertz CT molecular complexity index is 1790. The van der Waals surface area contributed by atoms with Crippen LogP contribution in [-0.4, -0.2) is 31.8 Å². The van der Waals surface area contributed by atoms with Crippen molar-refractivity contribution in [2.24, 2.45) is 0 Å². The molecule has 3 aromatic carbocycles. The third-order valence-electron chi connectivity index (χ3n) is 6.46. The van der Waals surface area contributed by atoms with Crippen LogP contribution in [0.1, 0.15) is 12.5 Å². The van der Waals surface area contributed by atoms with Gasteiger partial charge in [-0.15, -0.1) is 0 Å². The van der Waals surface area contributed by atoms with Crippen molar-refractivity contribution in [1.82, 2.24) is 24.7 Å². The highest BCUT2D eigenvalue weighted by Crippen LogP contribution is 2.27. The average Bonchev–Trinajstić information content (AvgIpc) is 3.45. The number of H-pyrrole nitrogens is 1. The average molecular weight is 489 g/mol. The van der Waals surface area contributed by atoms with E-state index in [4.69, 9.17) is 9.72 Å². The second-order valence-corrected chi connectivity index (χ2v) is 8.67. The van der Waals surface area contributed by atoms with E-state index in [2.05, 4.69) is 51.7 Å². The number of ether oxygens (including phenoxy) is 1. The van der Waals surface area contributed by atoms with Crippen LogP contribution >= 0.6 is 0 Å². The molecule has 182 valence electrons. The molecule has 0 saturated heterocycles. The lowest BCUT2D eigenvalue weighted by atomic mass is 10.0. The zero-order chi connectivity index (χ0) is 25.4. The molecule has 8 heteroatoms. The van der Waals surface area contributed by atoms with Crippen molar-refractivity contribution >= 4 is 33.6 Å². The van der Waals surface area contributed by atoms with Gasteiger partial charge in [0.05, 0.1) is 23.6 Å². The summed E-state index contributed by atoms with van der Waals surface area (Å²) in [6.07, 6.45) is 4.30. The summed E-state index contributed by atoms with van der Waals surface area (Å²) in [6.45, 7) is 2.14. The van der Waals surface area contributed by atoms with Crippen LogP contribution in [0.25, 0.3) is 38.8 Å². The van der Waals surface area contributed by atoms with Crippen LogP contribution < -0.4 is 15.6 Å². The number of anilines is 2. The van der Waals surface area contributed by atoms with Gasteiger partial charge >= 0.3 is 0 Å². The molecule has 0 bridgehead atoms. The Morgan fingerprint density at radius 2 is 1.78 bits per heavy atom. The lowest BCUT2D eigenvalue weighted by Crippen LogP contribution is -2.20. The first-order valence-corrected chi connectivity index (χ1v) is 12.0. The van der Waals surface area contributed by atoms with Crippen molar-refractivity contribution in [3.8, 4) is 22.6 Å². The fraction of sp³-hybridized carbons (Fsp3) is 0.103. The molecule has 6 rings (SSSR count). The lowest BCUT2D eigenvalue weighted by Gasteiger charge is -2.13. The number of nitrogens with one attached hydrogen (secondary N) is 2. The van der Waals surface area contributed by atoms with Gasteiger partial charge in [0.1, 0.15) is 11.3 Å². The standard InChI is InChI=1S/C29H24N6O2/c1-3-18-7-9-19(10-8-18)20-5-4-6-22(15-20)35-27-24(26-25(28(35)36)17-31-34-26)16-30-29(33-27)32-21-11-13-23(37-2)14-12-21/h4-17H,3H2,1-2H3,(H,31,34)(H,30,32,33). The predicted octanol–water partition coefficient (Wildman–Crippen LogP) is 5.64. The van der Waals surface area contributed by atoms with Crippen molar-refractivity contribution in [2.45, 2.75) is 13.3 Å². The van der Waals surface area contributed by atoms with Crippen molar-refractivity contribution in [2.75, 3.05) is 12.4 Å². The van der Waals surface area contributed by atoms with E-state index in [0.717, 1.165) is 29.0 Å². The van der Waals surface area contributed by atoms with E-state index in [1.165, 1.54) is 5.56 Å². The SMILES string of the molecule is CCc1ccc(-c2cccc(-n3c(=O)c4c[nH]nc4c4cnc(Nc5ccc(OC)cc5)nc43)c2)cc1. The van der Waals surface area contributed by atoms with Crippen molar-refractivity contribution in [1.29, 1.82) is 0 Å². The maximum Gasteiger partial charge on any atom is 0.267 e. The van der Waals surface area contributed by atoms with Crippen LogP contribution in [-0.2, 0) is 6.42 Å². The Balaban J connectivity index is 1.51. The van der Waals surface area contributed by atoms with Crippen LogP contribution in [0.3, 0.4) is 0 Å². The number of hydrogen-bond acceptors (Lipinski definition) is 6. The number of hydrogen-bond donors (Lipinski definition) is 2. The molecule has 3 heterocycles. The predicted molar refractivity (Wildman–Crippen MR) is 146 cm³/mol. The highest BCUT2D eigenvalue weighted by Gasteiger charge is 2.17. The molecule has 0 saturated carbocycles. The van der Waals surface area contributed by atoms with Gasteiger partial charge in [-0.2, -0.15) is 10.1 Å². The van der Waals surface area contributed by atoms with Crippen LogP contribution in [0.2, 0.25) is 0 Å². The monoisotopic (exact) mass is 488 g/mol. The van der Waals surface area contributed by atoms with Gasteiger partial charge < -0.3 is 10.1 Å². The minimum Gasteiger partial charge on any atom is -0.497 e. The van der Waals surface area contributed by atoms with Crippen molar-refractivity contribution in [3.63, 3.8) is 0 Å². The highest BCUT2D eigenvalue weighted by molar-refractivity contribution is 6.02. The molecule has 37 heavy (non-hydrogen) atoms. The molecule has 0 unspecified atom stereocenters. The normalized spacial score (nSPS) is 11.2. The van der Waals surface area contributed by atoms with E-state index < -0.39 is 0 Å². The fourth-order valence-corrected chi connectivity index (χ4v) is 4.45. The zero-order valence-electron chi connectivity index (χ0n) is 20.4. The number of fused-ring (bicyclic) bond motifs is 3. The molecule has 0 amide bonds. The van der Waals surface area contributed by atoms with Crippen molar-refractivity contribution in [3.05, 3.63) is 101 Å². The van der Waals surface area contributed by atoms with Gasteiger partial charge in [-0.25, -0.2) is 4.98 Å². The first-order chi connectivity index (χ1) is 18.1. The fourth-order valence-electron chi connectivity index (χ4n) is 4.45. The Labute approximate surface area is 212 Å². The smallest absolute Gasteiger partial charge is 0.267 e. The van der Waals surface area contributed by atoms with Gasteiger partial charge in [0.25, 0.3) is 5.56 Å². The number of methoxy groups -OCH3 is 1. The Morgan fingerprint density at radius 3 is 2.54 bits per heavy atom. The molecule has 0 fully saturated rings. The molecule has 8 nitrogen and oxygen atoms in total. The van der Waals surface area contributed by atoms with Gasteiger partial charge in [-0.05, 0) is 59.5 Å². The highest BCUT2D eigenvalue weighted by atomic mass is 16.5. The summed E-state index contributed by atoms with van der Waals surface area (Å²) in [7, 11) is 1.62. The third kappa shape index (κ3) is 4.08. The summed E-state index contributed by atoms with van der Waals surface area (Å²) < 4.78 is 6.86. The number of nitrogens with zero attached hydrogens (tertiary/aromatic N) is 4. The molecule has 2 N–H and O–H groups in total. The molecule has 0 atom stereocenters. The van der Waals surface area contributed by atoms with Gasteiger partial charge in [0.15, 0.2) is 5.65 Å². The molecule has 6 aromatic rings. The molecule has 0 spiro atoms. The molecular formula is C29H24N6O2. The summed E-state index contributed by atoms with van der Waals surface area (Å²) in [4.78, 5) is 22.9. The first kappa shape index (κ1) is 22.5. The van der Waals surface area contributed by atoms with Gasteiger partial charge in [0, 0.05) is 18.1 Å². The second kappa shape index (κ2) is 9.23. The van der Waals surface area contributed by atoms with Crippen LogP contribution in [0, 0.1) is 0 Å². The van der Waals surface area contributed by atoms with E-state index in [1.807, 2.05) is 48.5 Å². The second-order valence-electron chi connectivity index (χ2n) is 8.67. The van der Waals surface area contributed by atoms with Crippen LogP contribution in [0.15, 0.2) is 90.0 Å². The molecule has 3 aromatic heterocycles. The first-order valence-electron chi connectivity index (χ1n) is 12.0. The lowest BCUT2D eigenvalue weighted by molar-refractivity contribution is 0.415. The topological polar surface area (TPSA) is 97.7 Å². The minimum absolute atomic E-state index is 0.205. The number of rotatable bonds is 6. The largest absolute Gasteiger partial charge is 0.497 e. The Kier molecular flexibility index (Phi) is 5.61. The number of aryl methyl sites for hydroxylation is 1. The van der Waals surface area contributed by atoms with Gasteiger partial charge in [-0.3, -0.25) is 14.5 Å². The van der Waals surface area contributed by atoms with E-state index in [9.17, 15) is 4.79 Å². The van der Waals surface area contributed by atoms with Gasteiger partial charge in [-0.1, -0.05) is 43.3 Å². The molecule has 0 radical (unpaired) electrons. The summed E-state index contributed by atoms with van der Waals surface area (Å²) in [5.74, 6) is 1.12. The summed E-state index contributed by atoms with van der Waals surface area (Å²) >= 11 is 0. The molecule has 0 aliphatic rings. The Hall–Kier alpha value is -4.98. The maximum absolute atomic E-state index is 13.7. The van der Waals surface area contributed by atoms with Gasteiger partial charge in [0.2, 0.25) is 5.95 Å². The van der Waals surface area contributed by atoms with E-state index in [0.29, 0.717) is 33.6 Å². The van der Waals surface area contributed by atoms with E-state index in [-0.39, 0.29) is 5.56 Å². The van der Waals surface area contributed by atoms with Crippen LogP contribution in [0.4, 0.5) is 11.6 Å². The van der Waals surface area contributed by atoms with E-state index in [1.54, 1.807) is 24.1 Å². The minimum atomic E-state index is -0.205. The molecule has 0 aliphatic carbocycles. The molecular weight excluding hydrogens is 464 g/mol. The van der Waals surface area contributed by atoms with Crippen LogP contribution in [0.5, 0.6) is 5.75 Å². The zero-order valence-corrected chi connectivity index (χ0v) is 20.4. The van der Waals surface area contributed by atoms with E-state index >= 15 is 0 Å². The molecule has 0 aliphatic heterocycles. The summed E-state index contributed by atoms with van der Waals surface area (Å²) in [6, 6.07) is 23.9. The summed E-state index contributed by atoms with van der Waals surface area (Å²) in [5, 5.41) is 11.5. The summed E-state index contributed by atoms with van der Waals surface area (Å²) in [5.41, 5.74) is 5.68. The number of aromatic amines is 1. The number of pyridine rings is 1. The quantitative estimate of drug-likeness (QED) is 0.315.